The van der Waals surface area contributed by atoms with E-state index in [1.165, 1.54) is 32.1 Å². The molecule has 2 atom stereocenters. The third-order valence-electron chi connectivity index (χ3n) is 3.64. The summed E-state index contributed by atoms with van der Waals surface area (Å²) in [6.45, 7) is 4.53. The molecule has 0 spiro atoms. The van der Waals surface area contributed by atoms with Gasteiger partial charge in [0.05, 0.1) is 0 Å². The SMILES string of the molecule is CC1CCCCC1NCCCn1cccn1. The Morgan fingerprint density at radius 2 is 2.25 bits per heavy atom. The molecule has 2 rings (SSSR count). The zero-order valence-electron chi connectivity index (χ0n) is 10.2. The highest BCUT2D eigenvalue weighted by atomic mass is 15.3. The molecule has 1 saturated carbocycles. The molecule has 3 nitrogen and oxygen atoms in total. The molecular weight excluding hydrogens is 198 g/mol. The van der Waals surface area contributed by atoms with Crippen molar-refractivity contribution in [2.75, 3.05) is 6.54 Å². The van der Waals surface area contributed by atoms with Crippen molar-refractivity contribution in [3.8, 4) is 0 Å². The Kier molecular flexibility index (Phi) is 4.40. The molecule has 1 aromatic heterocycles. The first-order valence-electron chi connectivity index (χ1n) is 6.57. The molecule has 0 amide bonds. The molecule has 1 fully saturated rings. The molecule has 3 heteroatoms. The molecule has 1 aliphatic rings. The summed E-state index contributed by atoms with van der Waals surface area (Å²) in [5.41, 5.74) is 0. The van der Waals surface area contributed by atoms with Gasteiger partial charge in [-0.2, -0.15) is 5.10 Å². The van der Waals surface area contributed by atoms with Gasteiger partial charge in [-0.3, -0.25) is 4.68 Å². The number of hydrogen-bond donors (Lipinski definition) is 1. The smallest absolute Gasteiger partial charge is 0.0489 e. The van der Waals surface area contributed by atoms with E-state index in [1.54, 1.807) is 0 Å². The lowest BCUT2D eigenvalue weighted by molar-refractivity contribution is 0.278. The predicted octanol–water partition coefficient (Wildman–Crippen LogP) is 2.44. The second-order valence-electron chi connectivity index (χ2n) is 4.95. The van der Waals surface area contributed by atoms with Crippen LogP contribution in [0, 0.1) is 5.92 Å². The summed E-state index contributed by atoms with van der Waals surface area (Å²) in [4.78, 5) is 0. The lowest BCUT2D eigenvalue weighted by atomic mass is 9.86. The Bertz CT molecular complexity index is 281. The third-order valence-corrected chi connectivity index (χ3v) is 3.64. The van der Waals surface area contributed by atoms with Crippen LogP contribution in [0.5, 0.6) is 0 Å². The van der Waals surface area contributed by atoms with Gasteiger partial charge in [0, 0.05) is 25.0 Å². The highest BCUT2D eigenvalue weighted by molar-refractivity contribution is 4.79. The first-order valence-corrected chi connectivity index (χ1v) is 6.57. The minimum atomic E-state index is 0.756. The van der Waals surface area contributed by atoms with Crippen molar-refractivity contribution in [2.24, 2.45) is 5.92 Å². The molecule has 1 N–H and O–H groups in total. The molecule has 90 valence electrons. The molecule has 1 heterocycles. The van der Waals surface area contributed by atoms with Gasteiger partial charge in [0.25, 0.3) is 0 Å². The van der Waals surface area contributed by atoms with E-state index >= 15 is 0 Å². The number of aryl methyl sites for hydroxylation is 1. The van der Waals surface area contributed by atoms with Gasteiger partial charge < -0.3 is 5.32 Å². The fraction of sp³-hybridized carbons (Fsp3) is 0.769. The second kappa shape index (κ2) is 6.04. The van der Waals surface area contributed by atoms with E-state index < -0.39 is 0 Å². The Labute approximate surface area is 98.2 Å². The van der Waals surface area contributed by atoms with Gasteiger partial charge in [0.2, 0.25) is 0 Å². The standard InChI is InChI=1S/C13H23N3/c1-12-6-2-3-7-13(12)14-8-4-10-16-11-5-9-15-16/h5,9,11-14H,2-4,6-8,10H2,1H3. The van der Waals surface area contributed by atoms with Gasteiger partial charge in [-0.25, -0.2) is 0 Å². The molecule has 0 radical (unpaired) electrons. The van der Waals surface area contributed by atoms with Gasteiger partial charge in [-0.1, -0.05) is 19.8 Å². The molecular formula is C13H23N3. The molecule has 0 saturated heterocycles. The first-order chi connectivity index (χ1) is 7.86. The van der Waals surface area contributed by atoms with Crippen LogP contribution in [0.2, 0.25) is 0 Å². The van der Waals surface area contributed by atoms with Crippen LogP contribution in [0.1, 0.15) is 39.0 Å². The maximum Gasteiger partial charge on any atom is 0.0489 e. The van der Waals surface area contributed by atoms with Gasteiger partial charge >= 0.3 is 0 Å². The molecule has 0 aromatic carbocycles. The first kappa shape index (κ1) is 11.6. The highest BCUT2D eigenvalue weighted by Gasteiger charge is 2.19. The summed E-state index contributed by atoms with van der Waals surface area (Å²) >= 11 is 0. The monoisotopic (exact) mass is 221 g/mol. The maximum atomic E-state index is 4.20. The van der Waals surface area contributed by atoms with Crippen LogP contribution in [0.4, 0.5) is 0 Å². The highest BCUT2D eigenvalue weighted by Crippen LogP contribution is 2.23. The summed E-state index contributed by atoms with van der Waals surface area (Å²) in [5.74, 6) is 0.860. The zero-order valence-corrected chi connectivity index (χ0v) is 10.2. The van der Waals surface area contributed by atoms with Crippen LogP contribution in [0.15, 0.2) is 18.5 Å². The van der Waals surface area contributed by atoms with Crippen molar-refractivity contribution in [2.45, 2.75) is 51.6 Å². The van der Waals surface area contributed by atoms with E-state index in [0.29, 0.717) is 0 Å². The van der Waals surface area contributed by atoms with Crippen LogP contribution < -0.4 is 5.32 Å². The maximum absolute atomic E-state index is 4.20. The lowest BCUT2D eigenvalue weighted by Crippen LogP contribution is -2.37. The molecule has 0 bridgehead atoms. The van der Waals surface area contributed by atoms with Crippen molar-refractivity contribution < 1.29 is 0 Å². The summed E-state index contributed by atoms with van der Waals surface area (Å²) < 4.78 is 2.01. The van der Waals surface area contributed by atoms with Crippen LogP contribution in [-0.2, 0) is 6.54 Å². The van der Waals surface area contributed by atoms with E-state index in [9.17, 15) is 0 Å². The fourth-order valence-corrected chi connectivity index (χ4v) is 2.58. The van der Waals surface area contributed by atoms with Crippen LogP contribution >= 0.6 is 0 Å². The normalized spacial score (nSPS) is 25.8. The van der Waals surface area contributed by atoms with Crippen molar-refractivity contribution in [1.82, 2.24) is 15.1 Å². The second-order valence-corrected chi connectivity index (χ2v) is 4.95. The molecule has 0 aliphatic heterocycles. The summed E-state index contributed by atoms with van der Waals surface area (Å²) in [5, 5.41) is 7.90. The summed E-state index contributed by atoms with van der Waals surface area (Å²) in [6, 6.07) is 2.74. The van der Waals surface area contributed by atoms with Crippen molar-refractivity contribution in [1.29, 1.82) is 0 Å². The number of nitrogens with one attached hydrogen (secondary N) is 1. The van der Waals surface area contributed by atoms with Gasteiger partial charge in [-0.15, -0.1) is 0 Å². The van der Waals surface area contributed by atoms with Crippen molar-refractivity contribution in [3.05, 3.63) is 18.5 Å². The minimum absolute atomic E-state index is 0.756. The molecule has 16 heavy (non-hydrogen) atoms. The minimum Gasteiger partial charge on any atom is -0.314 e. The Balaban J connectivity index is 1.60. The largest absolute Gasteiger partial charge is 0.314 e. The number of aromatic nitrogens is 2. The molecule has 2 unspecified atom stereocenters. The number of hydrogen-bond acceptors (Lipinski definition) is 2. The van der Waals surface area contributed by atoms with E-state index in [1.807, 2.05) is 23.1 Å². The summed E-state index contributed by atoms with van der Waals surface area (Å²) in [6.07, 6.45) is 10.6. The number of nitrogens with zero attached hydrogens (tertiary/aromatic N) is 2. The third kappa shape index (κ3) is 3.34. The average Bonchev–Trinajstić information content (AvgIpc) is 2.79. The van der Waals surface area contributed by atoms with Crippen LogP contribution in [0.25, 0.3) is 0 Å². The van der Waals surface area contributed by atoms with Crippen LogP contribution in [-0.4, -0.2) is 22.4 Å². The Morgan fingerprint density at radius 1 is 1.38 bits per heavy atom. The molecule has 1 aliphatic carbocycles. The van der Waals surface area contributed by atoms with E-state index in [-0.39, 0.29) is 0 Å². The Morgan fingerprint density at radius 3 is 3.00 bits per heavy atom. The van der Waals surface area contributed by atoms with Crippen LogP contribution in [0.3, 0.4) is 0 Å². The molecule has 1 aromatic rings. The van der Waals surface area contributed by atoms with Crippen molar-refractivity contribution in [3.63, 3.8) is 0 Å². The van der Waals surface area contributed by atoms with Crippen molar-refractivity contribution >= 4 is 0 Å². The average molecular weight is 221 g/mol. The Hall–Kier alpha value is -0.830. The quantitative estimate of drug-likeness (QED) is 0.774. The summed E-state index contributed by atoms with van der Waals surface area (Å²) in [7, 11) is 0. The fourth-order valence-electron chi connectivity index (χ4n) is 2.58. The topological polar surface area (TPSA) is 29.9 Å². The lowest BCUT2D eigenvalue weighted by Gasteiger charge is -2.29. The van der Waals surface area contributed by atoms with Gasteiger partial charge in [0.15, 0.2) is 0 Å². The van der Waals surface area contributed by atoms with Gasteiger partial charge in [-0.05, 0) is 37.8 Å². The predicted molar refractivity (Wildman–Crippen MR) is 66.3 cm³/mol. The number of rotatable bonds is 5. The van der Waals surface area contributed by atoms with E-state index in [4.69, 9.17) is 0 Å². The zero-order chi connectivity index (χ0) is 11.2. The van der Waals surface area contributed by atoms with E-state index in [0.717, 1.165) is 25.0 Å². The van der Waals surface area contributed by atoms with Gasteiger partial charge in [0.1, 0.15) is 0 Å². The van der Waals surface area contributed by atoms with E-state index in [2.05, 4.69) is 17.3 Å².